The van der Waals surface area contributed by atoms with E-state index in [1.807, 2.05) is 0 Å². The maximum atomic E-state index is 12.2. The van der Waals surface area contributed by atoms with E-state index < -0.39 is 16.1 Å². The minimum Gasteiger partial charge on any atom is -0.399 e. The number of hydrogen-bond acceptors (Lipinski definition) is 6. The van der Waals surface area contributed by atoms with E-state index in [0.29, 0.717) is 11.3 Å². The molecule has 114 valence electrons. The van der Waals surface area contributed by atoms with E-state index in [0.717, 1.165) is 0 Å². The molecule has 1 aromatic heterocycles. The number of benzene rings is 1. The quantitative estimate of drug-likeness (QED) is 0.706. The fourth-order valence-electron chi connectivity index (χ4n) is 1.96. The van der Waals surface area contributed by atoms with E-state index in [9.17, 15) is 13.5 Å². The SMILES string of the molecule is Cc1noc(C)c1S(=O)(=O)NCC(O)c1ccc(N)cc1. The van der Waals surface area contributed by atoms with Crippen LogP contribution >= 0.6 is 0 Å². The van der Waals surface area contributed by atoms with Crippen molar-refractivity contribution in [1.82, 2.24) is 9.88 Å². The van der Waals surface area contributed by atoms with Gasteiger partial charge in [0, 0.05) is 12.2 Å². The summed E-state index contributed by atoms with van der Waals surface area (Å²) in [6, 6.07) is 6.57. The molecule has 1 aromatic carbocycles. The van der Waals surface area contributed by atoms with Crippen LogP contribution in [0.5, 0.6) is 0 Å². The Morgan fingerprint density at radius 3 is 2.48 bits per heavy atom. The number of aliphatic hydroxyl groups excluding tert-OH is 1. The minimum absolute atomic E-state index is 0.00649. The van der Waals surface area contributed by atoms with Gasteiger partial charge in [-0.3, -0.25) is 0 Å². The molecule has 21 heavy (non-hydrogen) atoms. The first kappa shape index (κ1) is 15.5. The second-order valence-electron chi connectivity index (χ2n) is 4.69. The van der Waals surface area contributed by atoms with Gasteiger partial charge < -0.3 is 15.4 Å². The average Bonchev–Trinajstić information content (AvgIpc) is 2.77. The van der Waals surface area contributed by atoms with Gasteiger partial charge in [-0.15, -0.1) is 0 Å². The molecule has 2 rings (SSSR count). The van der Waals surface area contributed by atoms with Crippen LogP contribution in [0.1, 0.15) is 23.1 Å². The third-order valence-corrected chi connectivity index (χ3v) is 4.69. The molecule has 0 spiro atoms. The molecule has 2 aromatic rings. The van der Waals surface area contributed by atoms with Crippen molar-refractivity contribution in [3.63, 3.8) is 0 Å². The Kier molecular flexibility index (Phi) is 4.31. The smallest absolute Gasteiger partial charge is 0.246 e. The summed E-state index contributed by atoms with van der Waals surface area (Å²) in [6.07, 6.45) is -0.971. The van der Waals surface area contributed by atoms with E-state index in [1.165, 1.54) is 6.92 Å². The number of sulfonamides is 1. The normalized spacial score (nSPS) is 13.3. The first-order valence-corrected chi connectivity index (χ1v) is 7.75. The number of nitrogen functional groups attached to an aromatic ring is 1. The largest absolute Gasteiger partial charge is 0.399 e. The fraction of sp³-hybridized carbons (Fsp3) is 0.308. The van der Waals surface area contributed by atoms with Gasteiger partial charge in [0.2, 0.25) is 10.0 Å². The molecule has 7 nitrogen and oxygen atoms in total. The van der Waals surface area contributed by atoms with Crippen molar-refractivity contribution in [2.24, 2.45) is 0 Å². The minimum atomic E-state index is -3.78. The molecular formula is C13H17N3O4S. The highest BCUT2D eigenvalue weighted by Crippen LogP contribution is 2.20. The van der Waals surface area contributed by atoms with Crippen LogP contribution in [0.15, 0.2) is 33.7 Å². The van der Waals surface area contributed by atoms with Crippen molar-refractivity contribution < 1.29 is 18.0 Å². The molecule has 1 heterocycles. The molecule has 0 aliphatic heterocycles. The molecule has 8 heteroatoms. The number of hydrogen-bond donors (Lipinski definition) is 3. The molecule has 0 amide bonds. The summed E-state index contributed by atoms with van der Waals surface area (Å²) in [5, 5.41) is 13.6. The predicted molar refractivity (Wildman–Crippen MR) is 77.0 cm³/mol. The van der Waals surface area contributed by atoms with Gasteiger partial charge in [0.05, 0.1) is 6.10 Å². The van der Waals surface area contributed by atoms with Crippen LogP contribution in [-0.2, 0) is 10.0 Å². The number of nitrogens with one attached hydrogen (secondary N) is 1. The molecule has 0 bridgehead atoms. The van der Waals surface area contributed by atoms with Crippen LogP contribution in [0, 0.1) is 13.8 Å². The lowest BCUT2D eigenvalue weighted by molar-refractivity contribution is 0.182. The molecule has 0 radical (unpaired) electrons. The van der Waals surface area contributed by atoms with E-state index in [-0.39, 0.29) is 22.9 Å². The zero-order chi connectivity index (χ0) is 15.6. The van der Waals surface area contributed by atoms with Crippen LogP contribution in [-0.4, -0.2) is 25.2 Å². The molecular weight excluding hydrogens is 294 g/mol. The topological polar surface area (TPSA) is 118 Å². The van der Waals surface area contributed by atoms with Gasteiger partial charge in [-0.1, -0.05) is 17.3 Å². The second-order valence-corrected chi connectivity index (χ2v) is 6.39. The molecule has 0 fully saturated rings. The van der Waals surface area contributed by atoms with Crippen molar-refractivity contribution in [3.05, 3.63) is 41.3 Å². The van der Waals surface area contributed by atoms with Crippen molar-refractivity contribution >= 4 is 15.7 Å². The highest BCUT2D eigenvalue weighted by molar-refractivity contribution is 7.89. The van der Waals surface area contributed by atoms with Crippen LogP contribution < -0.4 is 10.5 Å². The van der Waals surface area contributed by atoms with Crippen molar-refractivity contribution in [1.29, 1.82) is 0 Å². The summed E-state index contributed by atoms with van der Waals surface area (Å²) in [4.78, 5) is 0.00649. The standard InChI is InChI=1S/C13H17N3O4S/c1-8-13(9(2)20-16-8)21(18,19)15-7-12(17)10-3-5-11(14)6-4-10/h3-6,12,15,17H,7,14H2,1-2H3. The molecule has 1 atom stereocenters. The lowest BCUT2D eigenvalue weighted by atomic mass is 10.1. The highest BCUT2D eigenvalue weighted by Gasteiger charge is 2.24. The van der Waals surface area contributed by atoms with Gasteiger partial charge in [0.15, 0.2) is 5.76 Å². The van der Waals surface area contributed by atoms with Gasteiger partial charge in [0.25, 0.3) is 0 Å². The van der Waals surface area contributed by atoms with E-state index in [4.69, 9.17) is 10.3 Å². The number of nitrogens with zero attached hydrogens (tertiary/aromatic N) is 1. The predicted octanol–water partition coefficient (Wildman–Crippen LogP) is 0.886. The average molecular weight is 311 g/mol. The van der Waals surface area contributed by atoms with Crippen LogP contribution in [0.25, 0.3) is 0 Å². The van der Waals surface area contributed by atoms with Crippen molar-refractivity contribution in [3.8, 4) is 0 Å². The zero-order valence-electron chi connectivity index (χ0n) is 11.7. The third kappa shape index (κ3) is 3.41. The van der Waals surface area contributed by atoms with Gasteiger partial charge in [-0.2, -0.15) is 0 Å². The molecule has 0 aliphatic rings. The Morgan fingerprint density at radius 2 is 1.95 bits per heavy atom. The Balaban J connectivity index is 2.10. The monoisotopic (exact) mass is 311 g/mol. The van der Waals surface area contributed by atoms with Crippen LogP contribution in [0.4, 0.5) is 5.69 Å². The molecule has 0 saturated heterocycles. The second kappa shape index (κ2) is 5.84. The summed E-state index contributed by atoms with van der Waals surface area (Å²) >= 11 is 0. The van der Waals surface area contributed by atoms with Crippen LogP contribution in [0.2, 0.25) is 0 Å². The lowest BCUT2D eigenvalue weighted by Crippen LogP contribution is -2.29. The van der Waals surface area contributed by atoms with Gasteiger partial charge in [-0.05, 0) is 31.5 Å². The number of anilines is 1. The number of nitrogens with two attached hydrogens (primary N) is 1. The maximum Gasteiger partial charge on any atom is 0.246 e. The van der Waals surface area contributed by atoms with Gasteiger partial charge >= 0.3 is 0 Å². The first-order valence-electron chi connectivity index (χ1n) is 6.27. The third-order valence-electron chi connectivity index (χ3n) is 3.02. The van der Waals surface area contributed by atoms with E-state index in [1.54, 1.807) is 31.2 Å². The van der Waals surface area contributed by atoms with Crippen molar-refractivity contribution in [2.75, 3.05) is 12.3 Å². The Morgan fingerprint density at radius 1 is 1.33 bits per heavy atom. The number of aliphatic hydroxyl groups is 1. The summed E-state index contributed by atoms with van der Waals surface area (Å²) in [6.45, 7) is 2.91. The Bertz CT molecular complexity index is 703. The number of aromatic nitrogens is 1. The molecule has 4 N–H and O–H groups in total. The van der Waals surface area contributed by atoms with Crippen LogP contribution in [0.3, 0.4) is 0 Å². The lowest BCUT2D eigenvalue weighted by Gasteiger charge is -2.12. The number of aryl methyl sites for hydroxylation is 2. The van der Waals surface area contributed by atoms with Gasteiger partial charge in [0.1, 0.15) is 10.6 Å². The summed E-state index contributed by atoms with van der Waals surface area (Å²) in [5.74, 6) is 0.210. The highest BCUT2D eigenvalue weighted by atomic mass is 32.2. The summed E-state index contributed by atoms with van der Waals surface area (Å²) in [7, 11) is -3.78. The zero-order valence-corrected chi connectivity index (χ0v) is 12.5. The molecule has 1 unspecified atom stereocenters. The molecule has 0 aliphatic carbocycles. The summed E-state index contributed by atoms with van der Waals surface area (Å²) < 4.78 is 31.6. The van der Waals surface area contributed by atoms with Gasteiger partial charge in [-0.25, -0.2) is 13.1 Å². The fourth-order valence-corrected chi connectivity index (χ4v) is 3.32. The summed E-state index contributed by atoms with van der Waals surface area (Å²) in [5.41, 5.74) is 6.98. The van der Waals surface area contributed by atoms with E-state index in [2.05, 4.69) is 9.88 Å². The first-order chi connectivity index (χ1) is 9.81. The maximum absolute atomic E-state index is 12.2. The van der Waals surface area contributed by atoms with Crippen molar-refractivity contribution in [2.45, 2.75) is 24.8 Å². The Hall–Kier alpha value is -1.90. The number of rotatable bonds is 5. The van der Waals surface area contributed by atoms with E-state index >= 15 is 0 Å². The Labute approximate surface area is 122 Å². The molecule has 0 saturated carbocycles.